The van der Waals surface area contributed by atoms with Crippen LogP contribution in [0.3, 0.4) is 0 Å². The second-order valence-corrected chi connectivity index (χ2v) is 4.81. The molecule has 1 fully saturated rings. The first kappa shape index (κ1) is 10.9. The van der Waals surface area contributed by atoms with Crippen molar-refractivity contribution in [1.82, 2.24) is 0 Å². The maximum Gasteiger partial charge on any atom is 0.161 e. The van der Waals surface area contributed by atoms with Crippen molar-refractivity contribution in [2.75, 3.05) is 20.8 Å². The van der Waals surface area contributed by atoms with Crippen molar-refractivity contribution in [2.24, 2.45) is 0 Å². The first-order valence-electron chi connectivity index (χ1n) is 6.18. The van der Waals surface area contributed by atoms with Crippen molar-refractivity contribution in [3.63, 3.8) is 0 Å². The van der Waals surface area contributed by atoms with Gasteiger partial charge in [0.05, 0.1) is 26.4 Å². The molecule has 2 aliphatic rings. The lowest BCUT2D eigenvalue weighted by Crippen LogP contribution is -2.43. The summed E-state index contributed by atoms with van der Waals surface area (Å²) in [5.41, 5.74) is 2.65. The van der Waals surface area contributed by atoms with Crippen molar-refractivity contribution in [3.05, 3.63) is 23.3 Å². The fourth-order valence-corrected chi connectivity index (χ4v) is 3.01. The van der Waals surface area contributed by atoms with Crippen LogP contribution >= 0.6 is 0 Å². The summed E-state index contributed by atoms with van der Waals surface area (Å²) in [5.74, 6) is 1.63. The zero-order chi connectivity index (χ0) is 11.9. The highest BCUT2D eigenvalue weighted by molar-refractivity contribution is 5.50. The highest BCUT2D eigenvalue weighted by Gasteiger charge is 2.43. The van der Waals surface area contributed by atoms with Gasteiger partial charge in [-0.1, -0.05) is 0 Å². The Kier molecular flexibility index (Phi) is 2.51. The van der Waals surface area contributed by atoms with Crippen molar-refractivity contribution >= 4 is 0 Å². The molecule has 3 rings (SSSR count). The Morgan fingerprint density at radius 3 is 2.41 bits per heavy atom. The number of ether oxygens (including phenoxy) is 3. The molecule has 1 spiro atoms. The van der Waals surface area contributed by atoms with Crippen LogP contribution in [0.1, 0.15) is 30.4 Å². The van der Waals surface area contributed by atoms with Gasteiger partial charge in [-0.25, -0.2) is 0 Å². The van der Waals surface area contributed by atoms with Crippen molar-refractivity contribution < 1.29 is 14.2 Å². The van der Waals surface area contributed by atoms with E-state index in [1.807, 2.05) is 0 Å². The summed E-state index contributed by atoms with van der Waals surface area (Å²) < 4.78 is 16.6. The zero-order valence-electron chi connectivity index (χ0n) is 10.4. The summed E-state index contributed by atoms with van der Waals surface area (Å²) in [6, 6.07) is 4.21. The monoisotopic (exact) mass is 234 g/mol. The van der Waals surface area contributed by atoms with Crippen molar-refractivity contribution in [2.45, 2.75) is 31.3 Å². The Hall–Kier alpha value is -1.22. The molecule has 92 valence electrons. The molecule has 0 amide bonds. The molecule has 17 heavy (non-hydrogen) atoms. The van der Waals surface area contributed by atoms with Crippen LogP contribution in [0, 0.1) is 0 Å². The number of rotatable bonds is 2. The normalized spacial score (nSPS) is 26.2. The summed E-state index contributed by atoms with van der Waals surface area (Å²) in [5, 5.41) is 0. The Bertz CT molecular complexity index is 435. The molecule has 1 saturated heterocycles. The molecule has 0 bridgehead atoms. The zero-order valence-corrected chi connectivity index (χ0v) is 10.4. The molecule has 0 N–H and O–H groups in total. The Labute approximate surface area is 102 Å². The summed E-state index contributed by atoms with van der Waals surface area (Å²) >= 11 is 0. The van der Waals surface area contributed by atoms with Gasteiger partial charge < -0.3 is 14.2 Å². The largest absolute Gasteiger partial charge is 0.493 e. The third-order valence-corrected chi connectivity index (χ3v) is 4.01. The van der Waals surface area contributed by atoms with E-state index in [0.29, 0.717) is 0 Å². The molecule has 1 unspecified atom stereocenters. The Balaban J connectivity index is 2.10. The lowest BCUT2D eigenvalue weighted by molar-refractivity contribution is -0.163. The van der Waals surface area contributed by atoms with Gasteiger partial charge in [-0.15, -0.1) is 0 Å². The fourth-order valence-electron chi connectivity index (χ4n) is 3.01. The number of methoxy groups -OCH3 is 2. The average Bonchev–Trinajstić information content (AvgIpc) is 2.34. The lowest BCUT2D eigenvalue weighted by atomic mass is 9.74. The van der Waals surface area contributed by atoms with E-state index in [-0.39, 0.29) is 5.60 Å². The molecule has 0 aromatic heterocycles. The fraction of sp³-hybridized carbons (Fsp3) is 0.571. The van der Waals surface area contributed by atoms with Crippen LogP contribution in [0.5, 0.6) is 11.5 Å². The van der Waals surface area contributed by atoms with E-state index in [1.54, 1.807) is 14.2 Å². The SMILES string of the molecule is COc1cc2c(cc1OC)C1(CCC2)CCO1. The van der Waals surface area contributed by atoms with Gasteiger partial charge in [0.1, 0.15) is 0 Å². The standard InChI is InChI=1S/C14H18O3/c1-15-12-8-10-4-3-5-14(6-7-17-14)11(10)9-13(12)16-2/h8-9H,3-7H2,1-2H3. The molecule has 3 heteroatoms. The number of fused-ring (bicyclic) bond motifs is 2. The van der Waals surface area contributed by atoms with Crippen LogP contribution in [-0.4, -0.2) is 20.8 Å². The van der Waals surface area contributed by atoms with Gasteiger partial charge in [-0.3, -0.25) is 0 Å². The van der Waals surface area contributed by atoms with Crippen LogP contribution in [0.15, 0.2) is 12.1 Å². The van der Waals surface area contributed by atoms with Crippen molar-refractivity contribution in [1.29, 1.82) is 0 Å². The predicted octanol–water partition coefficient (Wildman–Crippen LogP) is 2.66. The highest BCUT2D eigenvalue weighted by Crippen LogP contribution is 2.49. The molecule has 3 nitrogen and oxygen atoms in total. The summed E-state index contributed by atoms with van der Waals surface area (Å²) in [6.45, 7) is 0.883. The van der Waals surface area contributed by atoms with Crippen molar-refractivity contribution in [3.8, 4) is 11.5 Å². The molecular formula is C14H18O3. The van der Waals surface area contributed by atoms with E-state index < -0.39 is 0 Å². The summed E-state index contributed by atoms with van der Waals surface area (Å²) in [6.07, 6.45) is 4.58. The van der Waals surface area contributed by atoms with Crippen LogP contribution in [0.4, 0.5) is 0 Å². The van der Waals surface area contributed by atoms with Crippen LogP contribution < -0.4 is 9.47 Å². The van der Waals surface area contributed by atoms with E-state index in [9.17, 15) is 0 Å². The van der Waals surface area contributed by atoms with Gasteiger partial charge in [0.15, 0.2) is 11.5 Å². The van der Waals surface area contributed by atoms with Gasteiger partial charge in [0, 0.05) is 6.42 Å². The molecule has 1 aliphatic heterocycles. The second-order valence-electron chi connectivity index (χ2n) is 4.81. The number of aryl methyl sites for hydroxylation is 1. The molecule has 1 heterocycles. The molecule has 0 radical (unpaired) electrons. The molecule has 0 saturated carbocycles. The Morgan fingerprint density at radius 2 is 1.82 bits per heavy atom. The smallest absolute Gasteiger partial charge is 0.161 e. The second kappa shape index (κ2) is 3.91. The first-order valence-corrected chi connectivity index (χ1v) is 6.18. The lowest BCUT2D eigenvalue weighted by Gasteiger charge is -2.46. The summed E-state index contributed by atoms with van der Waals surface area (Å²) in [4.78, 5) is 0. The van der Waals surface area contributed by atoms with E-state index in [0.717, 1.165) is 37.4 Å². The van der Waals surface area contributed by atoms with Crippen LogP contribution in [-0.2, 0) is 16.8 Å². The first-order chi connectivity index (χ1) is 8.29. The highest BCUT2D eigenvalue weighted by atomic mass is 16.5. The third kappa shape index (κ3) is 1.53. The van der Waals surface area contributed by atoms with Gasteiger partial charge in [-0.05, 0) is 42.5 Å². The molecular weight excluding hydrogens is 216 g/mol. The number of hydrogen-bond acceptors (Lipinski definition) is 3. The molecule has 1 aromatic rings. The molecule has 1 aliphatic carbocycles. The Morgan fingerprint density at radius 1 is 1.12 bits per heavy atom. The molecule has 1 aromatic carbocycles. The van der Waals surface area contributed by atoms with Crippen LogP contribution in [0.25, 0.3) is 0 Å². The topological polar surface area (TPSA) is 27.7 Å². The van der Waals surface area contributed by atoms with Crippen LogP contribution in [0.2, 0.25) is 0 Å². The summed E-state index contributed by atoms with van der Waals surface area (Å²) in [7, 11) is 3.37. The third-order valence-electron chi connectivity index (χ3n) is 4.01. The van der Waals surface area contributed by atoms with E-state index in [1.165, 1.54) is 17.5 Å². The van der Waals surface area contributed by atoms with E-state index in [4.69, 9.17) is 14.2 Å². The minimum atomic E-state index is -0.0207. The number of hydrogen-bond donors (Lipinski definition) is 0. The maximum absolute atomic E-state index is 5.86. The van der Waals surface area contributed by atoms with Gasteiger partial charge in [0.2, 0.25) is 0 Å². The van der Waals surface area contributed by atoms with Gasteiger partial charge in [-0.2, -0.15) is 0 Å². The average molecular weight is 234 g/mol. The van der Waals surface area contributed by atoms with E-state index in [2.05, 4.69) is 12.1 Å². The predicted molar refractivity (Wildman–Crippen MR) is 64.7 cm³/mol. The van der Waals surface area contributed by atoms with Gasteiger partial charge >= 0.3 is 0 Å². The molecule has 1 atom stereocenters. The minimum Gasteiger partial charge on any atom is -0.493 e. The van der Waals surface area contributed by atoms with E-state index >= 15 is 0 Å². The number of benzene rings is 1. The minimum absolute atomic E-state index is 0.0207. The van der Waals surface area contributed by atoms with Gasteiger partial charge in [0.25, 0.3) is 0 Å². The maximum atomic E-state index is 5.86. The quantitative estimate of drug-likeness (QED) is 0.787.